The van der Waals surface area contributed by atoms with Gasteiger partial charge in [-0.1, -0.05) is 12.1 Å². The molecule has 1 heterocycles. The van der Waals surface area contributed by atoms with Crippen molar-refractivity contribution in [3.63, 3.8) is 0 Å². The van der Waals surface area contributed by atoms with Gasteiger partial charge in [0.25, 0.3) is 5.91 Å². The topological polar surface area (TPSA) is 42.0 Å². The van der Waals surface area contributed by atoms with Crippen LogP contribution in [0.15, 0.2) is 41.8 Å². The zero-order valence-electron chi connectivity index (χ0n) is 12.4. The summed E-state index contributed by atoms with van der Waals surface area (Å²) in [6.45, 7) is 1.89. The Kier molecular flexibility index (Phi) is 4.35. The highest BCUT2D eigenvalue weighted by atomic mass is 32.1. The molecule has 2 aromatic carbocycles. The highest BCUT2D eigenvalue weighted by molar-refractivity contribution is 7.09. The van der Waals surface area contributed by atoms with Crippen molar-refractivity contribution >= 4 is 22.9 Å². The molecule has 122 valence electrons. The SMILES string of the molecule is Cc1nc(-c2ccc(C(=O)Nc3c(F)cc(F)cc3F)cc2)cs1. The Balaban J connectivity index is 1.81. The first-order chi connectivity index (χ1) is 11.4. The molecule has 0 fully saturated rings. The Morgan fingerprint density at radius 2 is 1.71 bits per heavy atom. The quantitative estimate of drug-likeness (QED) is 0.739. The van der Waals surface area contributed by atoms with E-state index >= 15 is 0 Å². The average Bonchev–Trinajstić information content (AvgIpc) is 2.97. The largest absolute Gasteiger partial charge is 0.317 e. The van der Waals surface area contributed by atoms with Gasteiger partial charge in [0.2, 0.25) is 0 Å². The molecule has 7 heteroatoms. The number of hydrogen-bond donors (Lipinski definition) is 1. The second-order valence-electron chi connectivity index (χ2n) is 5.03. The zero-order chi connectivity index (χ0) is 17.3. The lowest BCUT2D eigenvalue weighted by atomic mass is 10.1. The van der Waals surface area contributed by atoms with Gasteiger partial charge < -0.3 is 5.32 Å². The van der Waals surface area contributed by atoms with Crippen LogP contribution in [0.25, 0.3) is 11.3 Å². The first-order valence-corrected chi connectivity index (χ1v) is 7.80. The number of halogens is 3. The number of nitrogens with one attached hydrogen (secondary N) is 1. The predicted octanol–water partition coefficient (Wildman–Crippen LogP) is 4.79. The van der Waals surface area contributed by atoms with E-state index < -0.39 is 29.0 Å². The molecule has 0 saturated heterocycles. The standard InChI is InChI=1S/C17H11F3N2OS/c1-9-21-15(8-24-9)10-2-4-11(5-3-10)17(23)22-16-13(19)6-12(18)7-14(16)20/h2-8H,1H3,(H,22,23). The maximum Gasteiger partial charge on any atom is 0.255 e. The number of aryl methyl sites for hydroxylation is 1. The lowest BCUT2D eigenvalue weighted by molar-refractivity contribution is 0.102. The molecule has 0 aliphatic carbocycles. The van der Waals surface area contributed by atoms with Gasteiger partial charge in [-0.05, 0) is 19.1 Å². The normalized spacial score (nSPS) is 10.7. The molecule has 1 N–H and O–H groups in total. The second kappa shape index (κ2) is 6.45. The Hall–Kier alpha value is -2.67. The number of aromatic nitrogens is 1. The summed E-state index contributed by atoms with van der Waals surface area (Å²) in [7, 11) is 0. The summed E-state index contributed by atoms with van der Waals surface area (Å²) in [5.41, 5.74) is 1.16. The Bertz CT molecular complexity index is 883. The van der Waals surface area contributed by atoms with Crippen LogP contribution in [0.5, 0.6) is 0 Å². The Morgan fingerprint density at radius 1 is 1.08 bits per heavy atom. The van der Waals surface area contributed by atoms with E-state index in [-0.39, 0.29) is 5.56 Å². The van der Waals surface area contributed by atoms with Crippen molar-refractivity contribution in [3.05, 3.63) is 69.8 Å². The highest BCUT2D eigenvalue weighted by Gasteiger charge is 2.15. The van der Waals surface area contributed by atoms with Gasteiger partial charge in [0.1, 0.15) is 11.5 Å². The number of anilines is 1. The van der Waals surface area contributed by atoms with Crippen LogP contribution in [-0.2, 0) is 0 Å². The second-order valence-corrected chi connectivity index (χ2v) is 6.09. The van der Waals surface area contributed by atoms with Crippen LogP contribution in [0.4, 0.5) is 18.9 Å². The molecule has 3 aromatic rings. The maximum atomic E-state index is 13.6. The summed E-state index contributed by atoms with van der Waals surface area (Å²) in [4.78, 5) is 16.4. The van der Waals surface area contributed by atoms with E-state index in [4.69, 9.17) is 0 Å². The van der Waals surface area contributed by atoms with Crippen molar-refractivity contribution in [2.24, 2.45) is 0 Å². The first kappa shape index (κ1) is 16.2. The van der Waals surface area contributed by atoms with Crippen molar-refractivity contribution in [2.45, 2.75) is 6.92 Å². The van der Waals surface area contributed by atoms with E-state index in [1.165, 1.54) is 23.5 Å². The van der Waals surface area contributed by atoms with Gasteiger partial charge in [0.05, 0.1) is 10.7 Å². The minimum Gasteiger partial charge on any atom is -0.317 e. The molecule has 0 unspecified atom stereocenters. The number of amides is 1. The first-order valence-electron chi connectivity index (χ1n) is 6.92. The fourth-order valence-corrected chi connectivity index (χ4v) is 2.76. The number of nitrogens with zero attached hydrogens (tertiary/aromatic N) is 1. The van der Waals surface area contributed by atoms with Crippen molar-refractivity contribution in [3.8, 4) is 11.3 Å². The van der Waals surface area contributed by atoms with Crippen LogP contribution in [0, 0.1) is 24.4 Å². The third kappa shape index (κ3) is 3.30. The summed E-state index contributed by atoms with van der Waals surface area (Å²) in [6, 6.07) is 7.46. The molecule has 0 spiro atoms. The molecule has 1 amide bonds. The van der Waals surface area contributed by atoms with E-state index in [2.05, 4.69) is 10.3 Å². The molecule has 0 aliphatic rings. The van der Waals surface area contributed by atoms with Gasteiger partial charge in [-0.3, -0.25) is 4.79 Å². The van der Waals surface area contributed by atoms with Crippen LogP contribution in [0.2, 0.25) is 0 Å². The summed E-state index contributed by atoms with van der Waals surface area (Å²) in [6.07, 6.45) is 0. The molecule has 3 rings (SSSR count). The van der Waals surface area contributed by atoms with Gasteiger partial charge in [0.15, 0.2) is 11.6 Å². The van der Waals surface area contributed by atoms with Gasteiger partial charge >= 0.3 is 0 Å². The fraction of sp³-hybridized carbons (Fsp3) is 0.0588. The lowest BCUT2D eigenvalue weighted by Crippen LogP contribution is -2.14. The molecule has 0 bridgehead atoms. The predicted molar refractivity (Wildman–Crippen MR) is 86.6 cm³/mol. The van der Waals surface area contributed by atoms with Gasteiger partial charge in [-0.2, -0.15) is 0 Å². The third-order valence-corrected chi connectivity index (χ3v) is 4.08. The molecule has 3 nitrogen and oxygen atoms in total. The molecular weight excluding hydrogens is 337 g/mol. The van der Waals surface area contributed by atoms with E-state index in [9.17, 15) is 18.0 Å². The molecule has 0 radical (unpaired) electrons. The summed E-state index contributed by atoms with van der Waals surface area (Å²) in [5, 5.41) is 4.94. The van der Waals surface area contributed by atoms with Crippen molar-refractivity contribution in [1.82, 2.24) is 4.98 Å². The number of thiazole rings is 1. The van der Waals surface area contributed by atoms with E-state index in [1.54, 1.807) is 12.1 Å². The molecule has 24 heavy (non-hydrogen) atoms. The van der Waals surface area contributed by atoms with Crippen LogP contribution >= 0.6 is 11.3 Å². The Morgan fingerprint density at radius 3 is 2.25 bits per heavy atom. The van der Waals surface area contributed by atoms with Gasteiger partial charge in [-0.15, -0.1) is 11.3 Å². The summed E-state index contributed by atoms with van der Waals surface area (Å²) in [5.74, 6) is -4.09. The lowest BCUT2D eigenvalue weighted by Gasteiger charge is -2.08. The number of carbonyl (C=O) groups is 1. The van der Waals surface area contributed by atoms with Crippen LogP contribution in [0.3, 0.4) is 0 Å². The smallest absolute Gasteiger partial charge is 0.255 e. The fourth-order valence-electron chi connectivity index (χ4n) is 2.14. The van der Waals surface area contributed by atoms with Gasteiger partial charge in [-0.25, -0.2) is 18.2 Å². The molecule has 0 saturated carbocycles. The molecule has 0 aliphatic heterocycles. The maximum absolute atomic E-state index is 13.6. The molecular formula is C17H11F3N2OS. The van der Waals surface area contributed by atoms with Crippen molar-refractivity contribution in [2.75, 3.05) is 5.32 Å². The third-order valence-electron chi connectivity index (χ3n) is 3.31. The van der Waals surface area contributed by atoms with E-state index in [0.29, 0.717) is 12.1 Å². The van der Waals surface area contributed by atoms with E-state index in [1.807, 2.05) is 12.3 Å². The monoisotopic (exact) mass is 348 g/mol. The number of benzene rings is 2. The van der Waals surface area contributed by atoms with E-state index in [0.717, 1.165) is 16.3 Å². The number of carbonyl (C=O) groups excluding carboxylic acids is 1. The minimum absolute atomic E-state index is 0.217. The average molecular weight is 348 g/mol. The highest BCUT2D eigenvalue weighted by Crippen LogP contribution is 2.23. The zero-order valence-corrected chi connectivity index (χ0v) is 13.3. The van der Waals surface area contributed by atoms with Crippen LogP contribution < -0.4 is 5.32 Å². The van der Waals surface area contributed by atoms with Gasteiger partial charge in [0, 0.05) is 28.6 Å². The summed E-state index contributed by atoms with van der Waals surface area (Å²) >= 11 is 1.51. The van der Waals surface area contributed by atoms with Crippen molar-refractivity contribution < 1.29 is 18.0 Å². The minimum atomic E-state index is -1.17. The molecule has 1 aromatic heterocycles. The van der Waals surface area contributed by atoms with Crippen LogP contribution in [0.1, 0.15) is 15.4 Å². The van der Waals surface area contributed by atoms with Crippen molar-refractivity contribution in [1.29, 1.82) is 0 Å². The number of hydrogen-bond acceptors (Lipinski definition) is 3. The summed E-state index contributed by atoms with van der Waals surface area (Å²) < 4.78 is 40.0. The Labute approximate surface area is 139 Å². The molecule has 0 atom stereocenters. The van der Waals surface area contributed by atoms with Crippen LogP contribution in [-0.4, -0.2) is 10.9 Å². The number of rotatable bonds is 3.